The van der Waals surface area contributed by atoms with Crippen molar-refractivity contribution in [1.29, 1.82) is 0 Å². The molecule has 1 heterocycles. The van der Waals surface area contributed by atoms with Crippen LogP contribution in [0.2, 0.25) is 0 Å². The highest BCUT2D eigenvalue weighted by molar-refractivity contribution is 5.90. The Labute approximate surface area is 346 Å². The number of aliphatic carboxylic acids is 1. The minimum atomic E-state index is -1.15. The number of ether oxygens (including phenoxy) is 3. The van der Waals surface area contributed by atoms with E-state index in [4.69, 9.17) is 19.9 Å². The number of methoxy groups -OCH3 is 2. The van der Waals surface area contributed by atoms with Gasteiger partial charge in [0, 0.05) is 47.3 Å². The zero-order chi connectivity index (χ0) is 43.7. The summed E-state index contributed by atoms with van der Waals surface area (Å²) in [6.07, 6.45) is 0.303. The predicted octanol–water partition coefficient (Wildman–Crippen LogP) is 2.71. The minimum absolute atomic E-state index is 0.0533. The Kier molecular flexibility index (Phi) is 21.6. The molecule has 1 aromatic rings. The van der Waals surface area contributed by atoms with Gasteiger partial charge in [-0.05, 0) is 43.7 Å². The minimum Gasteiger partial charge on any atom is -0.480 e. The molecule has 1 fully saturated rings. The number of nitrogens with zero attached hydrogens (tertiary/aromatic N) is 3. The number of carbonyl (C=O) groups excluding carboxylic acids is 4. The fourth-order valence-corrected chi connectivity index (χ4v) is 7.90. The van der Waals surface area contributed by atoms with E-state index < -0.39 is 60.2 Å². The van der Waals surface area contributed by atoms with E-state index in [-0.39, 0.29) is 42.4 Å². The molecule has 8 atom stereocenters. The van der Waals surface area contributed by atoms with Crippen molar-refractivity contribution in [2.24, 2.45) is 23.5 Å². The molecule has 0 saturated carbocycles. The van der Waals surface area contributed by atoms with E-state index >= 15 is 0 Å². The van der Waals surface area contributed by atoms with E-state index in [1.165, 1.54) is 19.1 Å². The van der Waals surface area contributed by atoms with Crippen LogP contribution in [0.3, 0.4) is 0 Å². The first-order valence-corrected chi connectivity index (χ1v) is 20.6. The third-order valence-corrected chi connectivity index (χ3v) is 11.2. The number of rotatable bonds is 26. The average molecular weight is 817 g/mol. The van der Waals surface area contributed by atoms with Crippen molar-refractivity contribution in [3.8, 4) is 0 Å². The van der Waals surface area contributed by atoms with Gasteiger partial charge in [-0.15, -0.1) is 0 Å². The highest BCUT2D eigenvalue weighted by atomic mass is 16.5. The van der Waals surface area contributed by atoms with Gasteiger partial charge in [0.15, 0.2) is 0 Å². The number of hydrogen-bond donors (Lipinski definition) is 4. The van der Waals surface area contributed by atoms with E-state index in [0.29, 0.717) is 57.7 Å². The summed E-state index contributed by atoms with van der Waals surface area (Å²) < 4.78 is 17.4. The van der Waals surface area contributed by atoms with Gasteiger partial charge in [-0.3, -0.25) is 24.1 Å². The third kappa shape index (κ3) is 14.1. The van der Waals surface area contributed by atoms with E-state index in [0.717, 1.165) is 5.56 Å². The summed E-state index contributed by atoms with van der Waals surface area (Å²) in [6, 6.07) is 5.38. The Morgan fingerprint density at radius 1 is 0.948 bits per heavy atom. The van der Waals surface area contributed by atoms with Crippen LogP contribution in [0, 0.1) is 17.8 Å². The summed E-state index contributed by atoms with van der Waals surface area (Å²) in [4.78, 5) is 73.2. The molecule has 0 bridgehead atoms. The maximum atomic E-state index is 14.4. The topological polar surface area (TPSA) is 193 Å². The van der Waals surface area contributed by atoms with Gasteiger partial charge < -0.3 is 45.5 Å². The van der Waals surface area contributed by atoms with Crippen molar-refractivity contribution in [1.82, 2.24) is 25.3 Å². The summed E-state index contributed by atoms with van der Waals surface area (Å²) in [5.41, 5.74) is 7.00. The number of likely N-dealkylation sites (tertiary alicyclic amines) is 1. The molecule has 1 aliphatic rings. The van der Waals surface area contributed by atoms with Gasteiger partial charge >= 0.3 is 5.97 Å². The van der Waals surface area contributed by atoms with Crippen molar-refractivity contribution in [2.45, 2.75) is 116 Å². The van der Waals surface area contributed by atoms with E-state index in [2.05, 4.69) is 17.2 Å². The van der Waals surface area contributed by atoms with Crippen LogP contribution in [0.1, 0.15) is 72.8 Å². The molecule has 58 heavy (non-hydrogen) atoms. The molecular weight excluding hydrogens is 745 g/mol. The van der Waals surface area contributed by atoms with Crippen LogP contribution in [0.4, 0.5) is 0 Å². The van der Waals surface area contributed by atoms with Gasteiger partial charge in [-0.2, -0.15) is 0 Å². The first kappa shape index (κ1) is 50.3. The van der Waals surface area contributed by atoms with Gasteiger partial charge in [0.05, 0.1) is 55.9 Å². The van der Waals surface area contributed by atoms with E-state index in [1.807, 2.05) is 64.8 Å². The van der Waals surface area contributed by atoms with Crippen LogP contribution in [-0.2, 0) is 44.6 Å². The largest absolute Gasteiger partial charge is 0.480 e. The highest BCUT2D eigenvalue weighted by Gasteiger charge is 2.43. The van der Waals surface area contributed by atoms with Gasteiger partial charge in [0.25, 0.3) is 0 Å². The number of hydrogen-bond acceptors (Lipinski definition) is 10. The Morgan fingerprint density at radius 2 is 1.60 bits per heavy atom. The van der Waals surface area contributed by atoms with Crippen LogP contribution in [0.15, 0.2) is 42.5 Å². The average Bonchev–Trinajstić information content (AvgIpc) is 3.67. The second-order valence-corrected chi connectivity index (χ2v) is 16.1. The second-order valence-electron chi connectivity index (χ2n) is 16.1. The molecule has 0 spiro atoms. The van der Waals surface area contributed by atoms with Gasteiger partial charge in [-0.25, -0.2) is 4.79 Å². The normalized spacial score (nSPS) is 18.0. The number of carbonyl (C=O) groups is 5. The molecule has 1 unspecified atom stereocenters. The van der Waals surface area contributed by atoms with Crippen LogP contribution >= 0.6 is 0 Å². The van der Waals surface area contributed by atoms with Gasteiger partial charge in [0.2, 0.25) is 23.6 Å². The molecule has 328 valence electrons. The van der Waals surface area contributed by atoms with Gasteiger partial charge in [-0.1, -0.05) is 84.0 Å². The molecule has 0 aliphatic carbocycles. The van der Waals surface area contributed by atoms with E-state index in [1.54, 1.807) is 31.0 Å². The third-order valence-electron chi connectivity index (χ3n) is 11.2. The summed E-state index contributed by atoms with van der Waals surface area (Å²) in [7, 11) is 6.48. The Hall–Kier alpha value is -3.89. The summed E-state index contributed by atoms with van der Waals surface area (Å²) in [5.74, 6) is -3.58. The molecule has 1 saturated heterocycles. The Morgan fingerprint density at radius 3 is 2.14 bits per heavy atom. The molecule has 0 aromatic heterocycles. The zero-order valence-corrected chi connectivity index (χ0v) is 36.6. The standard InChI is InChI=1S/C43H72N6O9/c1-12-29(6)38(48(9)42(53)36(27(2)3)46-41(52)37(28(4)5)47(8)22-24-58-23-20-44)34(56-10)26-35(50)49-21-16-19-33(49)39(57-11)30(7)40(51)45-32(43(54)55)25-31-17-14-13-15-18-31/h13-15,17-18,27-28,30,32-34,36-39H,6,12,16,19-26,44H2,1-5,7-11H3,(H,45,51)(H,46,52)(H,54,55)/t30-,32+,33?,34-,36+,37+,38+,39-/m1/s1. The van der Waals surface area contributed by atoms with Gasteiger partial charge in [0.1, 0.15) is 12.1 Å². The van der Waals surface area contributed by atoms with Crippen molar-refractivity contribution < 1.29 is 43.3 Å². The fraction of sp³-hybridized carbons (Fsp3) is 0.698. The number of carboxylic acid groups (broad SMARTS) is 1. The number of likely N-dealkylation sites (N-methyl/N-ethyl adjacent to an activating group) is 2. The molecule has 15 nitrogen and oxygen atoms in total. The maximum absolute atomic E-state index is 14.4. The quantitative estimate of drug-likeness (QED) is 0.0794. The van der Waals surface area contributed by atoms with Crippen molar-refractivity contribution in [3.63, 3.8) is 0 Å². The Bertz CT molecular complexity index is 1480. The molecule has 1 aromatic carbocycles. The van der Waals surface area contributed by atoms with E-state index in [9.17, 15) is 29.1 Å². The maximum Gasteiger partial charge on any atom is 0.326 e. The first-order chi connectivity index (χ1) is 27.4. The smallest absolute Gasteiger partial charge is 0.326 e. The van der Waals surface area contributed by atoms with Crippen molar-refractivity contribution in [3.05, 3.63) is 48.0 Å². The molecular formula is C43H72N6O9. The summed E-state index contributed by atoms with van der Waals surface area (Å²) >= 11 is 0. The number of amides is 4. The number of carboxylic acids is 1. The second kappa shape index (κ2) is 24.9. The number of benzene rings is 1. The molecule has 2 rings (SSSR count). The van der Waals surface area contributed by atoms with Crippen LogP contribution in [0.25, 0.3) is 0 Å². The Balaban J connectivity index is 2.27. The van der Waals surface area contributed by atoms with Crippen LogP contribution in [0.5, 0.6) is 0 Å². The lowest BCUT2D eigenvalue weighted by atomic mass is 9.92. The monoisotopic (exact) mass is 817 g/mol. The number of nitrogens with one attached hydrogen (secondary N) is 2. The lowest BCUT2D eigenvalue weighted by molar-refractivity contribution is -0.146. The van der Waals surface area contributed by atoms with Crippen molar-refractivity contribution >= 4 is 29.6 Å². The SMILES string of the molecule is C=C(CC)[C@@H]([C@@H](CC(=O)N1CCCC1[C@H](OC)[C@@H](C)C(=O)N[C@@H](Cc1ccccc1)C(=O)O)OC)N(C)C(=O)[C@@H](NC(=O)[C@H](C(C)C)N(C)CCOCCN)C(C)C. The van der Waals surface area contributed by atoms with Crippen molar-refractivity contribution in [2.75, 3.05) is 61.2 Å². The highest BCUT2D eigenvalue weighted by Crippen LogP contribution is 2.29. The van der Waals surface area contributed by atoms with Crippen LogP contribution < -0.4 is 16.4 Å². The lowest BCUT2D eigenvalue weighted by Crippen LogP contribution is -2.59. The molecule has 15 heteroatoms. The van der Waals surface area contributed by atoms with Crippen LogP contribution in [-0.4, -0.2) is 153 Å². The zero-order valence-electron chi connectivity index (χ0n) is 36.6. The summed E-state index contributed by atoms with van der Waals surface area (Å²) in [5, 5.41) is 15.6. The molecule has 1 aliphatic heterocycles. The molecule has 4 amide bonds. The molecule has 5 N–H and O–H groups in total. The predicted molar refractivity (Wildman–Crippen MR) is 224 cm³/mol. The first-order valence-electron chi connectivity index (χ1n) is 20.6. The summed E-state index contributed by atoms with van der Waals surface area (Å²) in [6.45, 7) is 17.7. The lowest BCUT2D eigenvalue weighted by Gasteiger charge is -2.39. The number of nitrogens with two attached hydrogens (primary N) is 1. The molecule has 0 radical (unpaired) electrons. The fourth-order valence-electron chi connectivity index (χ4n) is 7.90.